The van der Waals surface area contributed by atoms with Gasteiger partial charge in [0.05, 0.1) is 0 Å². The van der Waals surface area contributed by atoms with Crippen LogP contribution in [0.5, 0.6) is 0 Å². The van der Waals surface area contributed by atoms with E-state index >= 15 is 0 Å². The number of nitrogens with zero attached hydrogens (tertiary/aromatic N) is 2. The third kappa shape index (κ3) is 3.60. The summed E-state index contributed by atoms with van der Waals surface area (Å²) in [5, 5.41) is 1.49. The summed E-state index contributed by atoms with van der Waals surface area (Å²) in [6.45, 7) is 6.65. The molecule has 2 atom stereocenters. The van der Waals surface area contributed by atoms with E-state index in [0.29, 0.717) is 11.1 Å². The molecule has 0 spiro atoms. The van der Waals surface area contributed by atoms with E-state index in [-0.39, 0.29) is 0 Å². The fourth-order valence-electron chi connectivity index (χ4n) is 2.74. The SMILES string of the molecule is Cc1cc(N)nc(SC2CC(C)CC(C)C2)n1. The van der Waals surface area contributed by atoms with Gasteiger partial charge < -0.3 is 5.73 Å². The number of hydrogen-bond acceptors (Lipinski definition) is 4. The van der Waals surface area contributed by atoms with Gasteiger partial charge in [-0.1, -0.05) is 25.6 Å². The van der Waals surface area contributed by atoms with Crippen LogP contribution in [0, 0.1) is 18.8 Å². The molecule has 1 aliphatic carbocycles. The van der Waals surface area contributed by atoms with Crippen LogP contribution in [0.1, 0.15) is 38.8 Å². The molecular weight excluding hydrogens is 230 g/mol. The van der Waals surface area contributed by atoms with E-state index in [0.717, 1.165) is 22.7 Å². The standard InChI is InChI=1S/C13H21N3S/c1-8-4-9(2)6-11(5-8)17-13-15-10(3)7-12(14)16-13/h7-9,11H,4-6H2,1-3H3,(H2,14,15,16). The first-order chi connectivity index (χ1) is 8.02. The Kier molecular flexibility index (Phi) is 3.92. The second kappa shape index (κ2) is 5.25. The minimum atomic E-state index is 0.580. The Bertz CT molecular complexity index is 364. The number of aryl methyl sites for hydroxylation is 1. The molecule has 0 aromatic carbocycles. The number of thioether (sulfide) groups is 1. The zero-order valence-electron chi connectivity index (χ0n) is 10.8. The van der Waals surface area contributed by atoms with Gasteiger partial charge in [0, 0.05) is 17.0 Å². The lowest BCUT2D eigenvalue weighted by atomic mass is 9.83. The van der Waals surface area contributed by atoms with Crippen molar-refractivity contribution in [3.05, 3.63) is 11.8 Å². The zero-order chi connectivity index (χ0) is 12.4. The molecule has 17 heavy (non-hydrogen) atoms. The van der Waals surface area contributed by atoms with Crippen LogP contribution in [0.2, 0.25) is 0 Å². The maximum Gasteiger partial charge on any atom is 0.189 e. The summed E-state index contributed by atoms with van der Waals surface area (Å²) >= 11 is 1.80. The highest BCUT2D eigenvalue weighted by Gasteiger charge is 2.25. The van der Waals surface area contributed by atoms with Crippen LogP contribution in [-0.4, -0.2) is 15.2 Å². The van der Waals surface area contributed by atoms with Crippen LogP contribution >= 0.6 is 11.8 Å². The smallest absolute Gasteiger partial charge is 0.189 e. The molecule has 1 aliphatic rings. The molecule has 4 heteroatoms. The highest BCUT2D eigenvalue weighted by Crippen LogP contribution is 2.37. The molecule has 1 heterocycles. The van der Waals surface area contributed by atoms with Gasteiger partial charge in [0.15, 0.2) is 5.16 Å². The summed E-state index contributed by atoms with van der Waals surface area (Å²) in [4.78, 5) is 8.76. The predicted octanol–water partition coefficient (Wildman–Crippen LogP) is 3.28. The molecule has 3 nitrogen and oxygen atoms in total. The molecule has 1 aromatic rings. The molecule has 1 saturated carbocycles. The molecular formula is C13H21N3S. The molecule has 0 amide bonds. The van der Waals surface area contributed by atoms with Crippen LogP contribution in [0.4, 0.5) is 5.82 Å². The first-order valence-electron chi connectivity index (χ1n) is 6.30. The molecule has 2 N–H and O–H groups in total. The maximum absolute atomic E-state index is 5.75. The Balaban J connectivity index is 2.04. The summed E-state index contributed by atoms with van der Waals surface area (Å²) in [6, 6.07) is 1.82. The summed E-state index contributed by atoms with van der Waals surface area (Å²) in [5.41, 5.74) is 6.71. The van der Waals surface area contributed by atoms with E-state index < -0.39 is 0 Å². The largest absolute Gasteiger partial charge is 0.384 e. The van der Waals surface area contributed by atoms with Gasteiger partial charge in [-0.3, -0.25) is 0 Å². The molecule has 0 radical (unpaired) electrons. The van der Waals surface area contributed by atoms with Crippen molar-refractivity contribution in [1.29, 1.82) is 0 Å². The van der Waals surface area contributed by atoms with Crippen molar-refractivity contribution < 1.29 is 0 Å². The summed E-state index contributed by atoms with van der Waals surface area (Å²) < 4.78 is 0. The first-order valence-corrected chi connectivity index (χ1v) is 7.18. The molecule has 2 unspecified atom stereocenters. The summed E-state index contributed by atoms with van der Waals surface area (Å²) in [6.07, 6.45) is 3.90. The van der Waals surface area contributed by atoms with Gasteiger partial charge in [0.1, 0.15) is 5.82 Å². The third-order valence-corrected chi connectivity index (χ3v) is 4.37. The van der Waals surface area contributed by atoms with Gasteiger partial charge in [0.25, 0.3) is 0 Å². The van der Waals surface area contributed by atoms with Crippen LogP contribution in [-0.2, 0) is 0 Å². The van der Waals surface area contributed by atoms with Crippen molar-refractivity contribution in [2.45, 2.75) is 50.4 Å². The van der Waals surface area contributed by atoms with E-state index in [1.807, 2.05) is 13.0 Å². The lowest BCUT2D eigenvalue weighted by Gasteiger charge is -2.30. The Morgan fingerprint density at radius 1 is 1.18 bits per heavy atom. The summed E-state index contributed by atoms with van der Waals surface area (Å²) in [5.74, 6) is 2.22. The second-order valence-electron chi connectivity index (χ2n) is 5.37. The summed E-state index contributed by atoms with van der Waals surface area (Å²) in [7, 11) is 0. The van der Waals surface area contributed by atoms with E-state index in [9.17, 15) is 0 Å². The molecule has 0 aliphatic heterocycles. The molecule has 94 valence electrons. The first kappa shape index (κ1) is 12.7. The quantitative estimate of drug-likeness (QED) is 0.820. The Morgan fingerprint density at radius 3 is 2.41 bits per heavy atom. The average molecular weight is 251 g/mol. The van der Waals surface area contributed by atoms with E-state index in [2.05, 4.69) is 23.8 Å². The molecule has 0 saturated heterocycles. The topological polar surface area (TPSA) is 51.8 Å². The number of anilines is 1. The number of aromatic nitrogens is 2. The van der Waals surface area contributed by atoms with Crippen LogP contribution < -0.4 is 5.73 Å². The predicted molar refractivity (Wildman–Crippen MR) is 73.0 cm³/mol. The molecule has 1 aromatic heterocycles. The lowest BCUT2D eigenvalue weighted by Crippen LogP contribution is -2.21. The van der Waals surface area contributed by atoms with Gasteiger partial charge >= 0.3 is 0 Å². The van der Waals surface area contributed by atoms with Gasteiger partial charge in [-0.05, 0) is 38.0 Å². The fraction of sp³-hybridized carbons (Fsp3) is 0.692. The van der Waals surface area contributed by atoms with E-state index in [4.69, 9.17) is 5.73 Å². The van der Waals surface area contributed by atoms with Gasteiger partial charge in [-0.2, -0.15) is 0 Å². The Hall–Kier alpha value is -0.770. The van der Waals surface area contributed by atoms with Gasteiger partial charge in [-0.25, -0.2) is 9.97 Å². The average Bonchev–Trinajstić information content (AvgIpc) is 2.13. The van der Waals surface area contributed by atoms with Crippen molar-refractivity contribution in [3.8, 4) is 0 Å². The third-order valence-electron chi connectivity index (χ3n) is 3.26. The number of nitrogen functional groups attached to an aromatic ring is 1. The monoisotopic (exact) mass is 251 g/mol. The van der Waals surface area contributed by atoms with Crippen molar-refractivity contribution in [1.82, 2.24) is 9.97 Å². The highest BCUT2D eigenvalue weighted by molar-refractivity contribution is 7.99. The second-order valence-corrected chi connectivity index (χ2v) is 6.64. The highest BCUT2D eigenvalue weighted by atomic mass is 32.2. The Morgan fingerprint density at radius 2 is 1.82 bits per heavy atom. The number of nitrogens with two attached hydrogens (primary N) is 1. The van der Waals surface area contributed by atoms with Crippen molar-refractivity contribution in [2.24, 2.45) is 11.8 Å². The minimum absolute atomic E-state index is 0.580. The Labute approximate surface area is 108 Å². The number of hydrogen-bond donors (Lipinski definition) is 1. The van der Waals surface area contributed by atoms with Crippen LogP contribution in [0.15, 0.2) is 11.2 Å². The van der Waals surface area contributed by atoms with Gasteiger partial charge in [0.2, 0.25) is 0 Å². The van der Waals surface area contributed by atoms with E-state index in [1.165, 1.54) is 19.3 Å². The molecule has 2 rings (SSSR count). The molecule has 1 fully saturated rings. The molecule has 0 bridgehead atoms. The minimum Gasteiger partial charge on any atom is -0.384 e. The van der Waals surface area contributed by atoms with Crippen molar-refractivity contribution >= 4 is 17.6 Å². The van der Waals surface area contributed by atoms with E-state index in [1.54, 1.807) is 11.8 Å². The van der Waals surface area contributed by atoms with Crippen LogP contribution in [0.25, 0.3) is 0 Å². The van der Waals surface area contributed by atoms with Gasteiger partial charge in [-0.15, -0.1) is 0 Å². The van der Waals surface area contributed by atoms with Crippen LogP contribution in [0.3, 0.4) is 0 Å². The zero-order valence-corrected chi connectivity index (χ0v) is 11.6. The maximum atomic E-state index is 5.75. The fourth-order valence-corrected chi connectivity index (χ4v) is 4.24. The lowest BCUT2D eigenvalue weighted by molar-refractivity contribution is 0.308. The number of rotatable bonds is 2. The van der Waals surface area contributed by atoms with Crippen molar-refractivity contribution in [3.63, 3.8) is 0 Å². The normalized spacial score (nSPS) is 29.2. The van der Waals surface area contributed by atoms with Crippen molar-refractivity contribution in [2.75, 3.05) is 5.73 Å².